The molecule has 0 spiro atoms. The highest BCUT2D eigenvalue weighted by molar-refractivity contribution is 5.39. The molecule has 0 radical (unpaired) electrons. The Morgan fingerprint density at radius 2 is 1.67 bits per heavy atom. The van der Waals surface area contributed by atoms with Crippen molar-refractivity contribution in [1.82, 2.24) is 0 Å². The van der Waals surface area contributed by atoms with Gasteiger partial charge in [-0.05, 0) is 30.2 Å². The Labute approximate surface area is 124 Å². The van der Waals surface area contributed by atoms with E-state index in [0.29, 0.717) is 5.69 Å². The van der Waals surface area contributed by atoms with Crippen molar-refractivity contribution >= 4 is 5.69 Å². The van der Waals surface area contributed by atoms with Crippen LogP contribution in [-0.2, 0) is 0 Å². The maximum absolute atomic E-state index is 9.12. The maximum Gasteiger partial charge on any atom is 0.161 e. The molecule has 2 aromatic carbocycles. The molecular weight excluding hydrogens is 260 g/mol. The molecule has 2 rings (SSSR count). The zero-order valence-electron chi connectivity index (χ0n) is 11.6. The van der Waals surface area contributed by atoms with Crippen LogP contribution in [-0.4, -0.2) is 0 Å². The fourth-order valence-corrected chi connectivity index (χ4v) is 1.97. The Morgan fingerprint density at radius 3 is 2.29 bits per heavy atom. The van der Waals surface area contributed by atoms with E-state index in [1.807, 2.05) is 73.7 Å². The second kappa shape index (κ2) is 6.98. The van der Waals surface area contributed by atoms with Crippen LogP contribution in [0.15, 0.2) is 64.8 Å². The minimum Gasteiger partial charge on any atom is -0.197 e. The molecule has 0 N–H and O–H groups in total. The lowest BCUT2D eigenvalue weighted by atomic mass is 9.96. The van der Waals surface area contributed by atoms with E-state index in [-0.39, 0.29) is 0 Å². The first-order valence-corrected chi connectivity index (χ1v) is 6.56. The fraction of sp³-hybridized carbons (Fsp3) is 0.176. The summed E-state index contributed by atoms with van der Waals surface area (Å²) in [5.74, 6) is -0.860. The van der Waals surface area contributed by atoms with E-state index in [0.717, 1.165) is 11.1 Å². The van der Waals surface area contributed by atoms with Gasteiger partial charge in [-0.25, -0.2) is 0 Å². The predicted molar refractivity (Wildman–Crippen MR) is 79.6 cm³/mol. The Balaban J connectivity index is 2.33. The van der Waals surface area contributed by atoms with Gasteiger partial charge in [-0.15, -0.1) is 0 Å². The molecule has 0 saturated carbocycles. The van der Waals surface area contributed by atoms with Crippen LogP contribution in [0.25, 0.3) is 0 Å². The Hall–Kier alpha value is -2.98. The van der Waals surface area contributed by atoms with E-state index in [2.05, 4.69) is 10.2 Å². The van der Waals surface area contributed by atoms with Crippen molar-refractivity contribution in [2.24, 2.45) is 16.1 Å². The number of aryl methyl sites for hydroxylation is 1. The van der Waals surface area contributed by atoms with Gasteiger partial charge >= 0.3 is 0 Å². The topological polar surface area (TPSA) is 72.3 Å². The van der Waals surface area contributed by atoms with Crippen molar-refractivity contribution in [1.29, 1.82) is 10.5 Å². The van der Waals surface area contributed by atoms with Gasteiger partial charge in [-0.1, -0.05) is 42.5 Å². The third-order valence-electron chi connectivity index (χ3n) is 3.03. The first-order chi connectivity index (χ1) is 10.2. The Kier molecular flexibility index (Phi) is 4.79. The predicted octanol–water partition coefficient (Wildman–Crippen LogP) is 4.48. The largest absolute Gasteiger partial charge is 0.197 e. The summed E-state index contributed by atoms with van der Waals surface area (Å²) in [5.41, 5.74) is 2.60. The number of nitrogens with zero attached hydrogens (tertiary/aromatic N) is 4. The lowest BCUT2D eigenvalue weighted by Gasteiger charge is -2.11. The minimum atomic E-state index is -0.860. The average Bonchev–Trinajstić information content (AvgIpc) is 2.52. The molecule has 1 unspecified atom stereocenters. The van der Waals surface area contributed by atoms with Gasteiger partial charge in [0.15, 0.2) is 5.92 Å². The van der Waals surface area contributed by atoms with Gasteiger partial charge in [-0.3, -0.25) is 0 Å². The molecule has 0 saturated heterocycles. The lowest BCUT2D eigenvalue weighted by molar-refractivity contribution is 0.612. The molecule has 4 nitrogen and oxygen atoms in total. The molecular formula is C17H14N4. The summed E-state index contributed by atoms with van der Waals surface area (Å²) in [7, 11) is 0. The van der Waals surface area contributed by atoms with Gasteiger partial charge in [0.05, 0.1) is 17.8 Å². The van der Waals surface area contributed by atoms with Crippen LogP contribution in [0, 0.1) is 35.5 Å². The number of rotatable bonds is 4. The van der Waals surface area contributed by atoms with Gasteiger partial charge in [-0.2, -0.15) is 20.8 Å². The smallest absolute Gasteiger partial charge is 0.161 e. The van der Waals surface area contributed by atoms with Crippen LogP contribution >= 0.6 is 0 Å². The van der Waals surface area contributed by atoms with Crippen LogP contribution in [0.4, 0.5) is 5.69 Å². The molecule has 0 aliphatic carbocycles. The summed E-state index contributed by atoms with van der Waals surface area (Å²) < 4.78 is 0. The molecule has 0 amide bonds. The van der Waals surface area contributed by atoms with Gasteiger partial charge < -0.3 is 0 Å². The number of hydrogen-bond acceptors (Lipinski definition) is 4. The molecule has 0 aromatic heterocycles. The number of hydrogen-bond donors (Lipinski definition) is 0. The third-order valence-corrected chi connectivity index (χ3v) is 3.03. The van der Waals surface area contributed by atoms with Crippen molar-refractivity contribution in [3.8, 4) is 12.1 Å². The summed E-state index contributed by atoms with van der Waals surface area (Å²) in [6.07, 6.45) is 0. The number of azo groups is 1. The van der Waals surface area contributed by atoms with E-state index < -0.39 is 12.0 Å². The standard InChI is InChI=1S/C17H14N4/c1-13-6-5-9-16(10-13)20-21-17(15(11-18)12-19)14-7-3-2-4-8-14/h2-10,15,17H,1H3. The molecule has 0 fully saturated rings. The average molecular weight is 274 g/mol. The van der Waals surface area contributed by atoms with E-state index in [4.69, 9.17) is 10.5 Å². The number of benzene rings is 2. The number of nitriles is 2. The molecule has 0 bridgehead atoms. The van der Waals surface area contributed by atoms with Crippen LogP contribution in [0.1, 0.15) is 17.2 Å². The highest BCUT2D eigenvalue weighted by atomic mass is 15.1. The van der Waals surface area contributed by atoms with E-state index in [9.17, 15) is 0 Å². The highest BCUT2D eigenvalue weighted by Gasteiger charge is 2.22. The molecule has 4 heteroatoms. The summed E-state index contributed by atoms with van der Waals surface area (Å²) >= 11 is 0. The molecule has 0 aliphatic rings. The summed E-state index contributed by atoms with van der Waals surface area (Å²) in [6, 6.07) is 20.3. The zero-order valence-corrected chi connectivity index (χ0v) is 11.6. The Morgan fingerprint density at radius 1 is 0.952 bits per heavy atom. The van der Waals surface area contributed by atoms with Crippen molar-refractivity contribution in [2.45, 2.75) is 13.0 Å². The van der Waals surface area contributed by atoms with Gasteiger partial charge in [0.2, 0.25) is 0 Å². The molecule has 0 aliphatic heterocycles. The second-order valence-electron chi connectivity index (χ2n) is 4.65. The molecule has 2 aromatic rings. The normalized spacial score (nSPS) is 12.0. The maximum atomic E-state index is 9.12. The van der Waals surface area contributed by atoms with Crippen LogP contribution in [0.5, 0.6) is 0 Å². The van der Waals surface area contributed by atoms with Crippen LogP contribution in [0.2, 0.25) is 0 Å². The van der Waals surface area contributed by atoms with Crippen molar-refractivity contribution < 1.29 is 0 Å². The first-order valence-electron chi connectivity index (χ1n) is 6.56. The fourth-order valence-electron chi connectivity index (χ4n) is 1.97. The van der Waals surface area contributed by atoms with Gasteiger partial charge in [0.25, 0.3) is 0 Å². The second-order valence-corrected chi connectivity index (χ2v) is 4.65. The minimum absolute atomic E-state index is 0.582. The SMILES string of the molecule is Cc1cccc(N=NC(c2ccccc2)C(C#N)C#N)c1. The summed E-state index contributed by atoms with van der Waals surface area (Å²) in [4.78, 5) is 0. The van der Waals surface area contributed by atoms with Gasteiger partial charge in [0, 0.05) is 0 Å². The first kappa shape index (κ1) is 14.4. The Bertz CT molecular complexity index is 694. The van der Waals surface area contributed by atoms with Crippen LogP contribution in [0.3, 0.4) is 0 Å². The molecule has 102 valence electrons. The van der Waals surface area contributed by atoms with Crippen LogP contribution < -0.4 is 0 Å². The summed E-state index contributed by atoms with van der Waals surface area (Å²) in [6.45, 7) is 1.97. The highest BCUT2D eigenvalue weighted by Crippen LogP contribution is 2.27. The van der Waals surface area contributed by atoms with E-state index in [1.54, 1.807) is 0 Å². The van der Waals surface area contributed by atoms with E-state index in [1.165, 1.54) is 0 Å². The van der Waals surface area contributed by atoms with Crippen molar-refractivity contribution in [2.75, 3.05) is 0 Å². The van der Waals surface area contributed by atoms with Crippen molar-refractivity contribution in [3.05, 3.63) is 65.7 Å². The molecule has 1 atom stereocenters. The van der Waals surface area contributed by atoms with Gasteiger partial charge in [0.1, 0.15) is 6.04 Å². The zero-order chi connectivity index (χ0) is 15.1. The lowest BCUT2D eigenvalue weighted by Crippen LogP contribution is -2.06. The monoisotopic (exact) mass is 274 g/mol. The quantitative estimate of drug-likeness (QED) is 0.771. The molecule has 0 heterocycles. The van der Waals surface area contributed by atoms with Crippen molar-refractivity contribution in [3.63, 3.8) is 0 Å². The molecule has 21 heavy (non-hydrogen) atoms. The summed E-state index contributed by atoms with van der Waals surface area (Å²) in [5, 5.41) is 26.7. The third kappa shape index (κ3) is 3.75. The van der Waals surface area contributed by atoms with E-state index >= 15 is 0 Å².